The number of rotatable bonds is 4. The maximum atomic E-state index is 12.4. The molecule has 0 aliphatic heterocycles. The number of aromatic nitrogens is 3. The Kier molecular flexibility index (Phi) is 4.71. The maximum absolute atomic E-state index is 12.4. The van der Waals surface area contributed by atoms with Gasteiger partial charge in [0.25, 0.3) is 0 Å². The Morgan fingerprint density at radius 2 is 2.13 bits per heavy atom. The second-order valence-electron chi connectivity index (χ2n) is 5.89. The van der Waals surface area contributed by atoms with Crippen LogP contribution in [0.2, 0.25) is 0 Å². The van der Waals surface area contributed by atoms with E-state index in [0.717, 1.165) is 36.9 Å². The van der Waals surface area contributed by atoms with Gasteiger partial charge in [-0.3, -0.25) is 0 Å². The van der Waals surface area contributed by atoms with Crippen LogP contribution in [0.15, 0.2) is 30.9 Å². The Bertz CT molecular complexity index is 670. The molecule has 2 aromatic rings. The number of carbonyl (C=O) groups is 1. The molecule has 1 saturated carbocycles. The standard InChI is InChI=1S/C17H21N3O3/c1-12-8-13(6-7-16(12)20-11-18-10-19-20)17(21)23-15-5-3-4-14(9-15)22-2/h6-8,10-11,14-15H,3-5,9H2,1-2H3/t14-,15-/m0/s1. The van der Waals surface area contributed by atoms with Crippen LogP contribution in [0, 0.1) is 6.92 Å². The minimum atomic E-state index is -0.278. The van der Waals surface area contributed by atoms with E-state index < -0.39 is 0 Å². The third kappa shape index (κ3) is 3.59. The molecule has 1 aromatic heterocycles. The largest absolute Gasteiger partial charge is 0.459 e. The topological polar surface area (TPSA) is 66.2 Å². The van der Waals surface area contributed by atoms with E-state index in [1.807, 2.05) is 19.1 Å². The van der Waals surface area contributed by atoms with Crippen molar-refractivity contribution in [3.63, 3.8) is 0 Å². The van der Waals surface area contributed by atoms with Gasteiger partial charge in [-0.25, -0.2) is 14.5 Å². The number of nitrogens with zero attached hydrogens (tertiary/aromatic N) is 3. The van der Waals surface area contributed by atoms with Crippen LogP contribution in [0.5, 0.6) is 0 Å². The molecule has 0 N–H and O–H groups in total. The highest BCUT2D eigenvalue weighted by atomic mass is 16.5. The Hall–Kier alpha value is -2.21. The zero-order valence-electron chi connectivity index (χ0n) is 13.4. The van der Waals surface area contributed by atoms with E-state index in [4.69, 9.17) is 9.47 Å². The van der Waals surface area contributed by atoms with Crippen molar-refractivity contribution in [2.24, 2.45) is 0 Å². The van der Waals surface area contributed by atoms with Gasteiger partial charge in [0, 0.05) is 13.5 Å². The normalized spacial score (nSPS) is 21.1. The lowest BCUT2D eigenvalue weighted by Crippen LogP contribution is -2.29. The first kappa shape index (κ1) is 15.7. The summed E-state index contributed by atoms with van der Waals surface area (Å²) < 4.78 is 12.7. The number of carbonyl (C=O) groups excluding carboxylic acids is 1. The van der Waals surface area contributed by atoms with Crippen LogP contribution in [0.4, 0.5) is 0 Å². The van der Waals surface area contributed by atoms with Crippen LogP contribution in [-0.4, -0.2) is 40.1 Å². The fourth-order valence-corrected chi connectivity index (χ4v) is 3.01. The zero-order chi connectivity index (χ0) is 16.2. The maximum Gasteiger partial charge on any atom is 0.338 e. The Labute approximate surface area is 135 Å². The van der Waals surface area contributed by atoms with Gasteiger partial charge >= 0.3 is 5.97 Å². The van der Waals surface area contributed by atoms with Crippen molar-refractivity contribution in [2.75, 3.05) is 7.11 Å². The Morgan fingerprint density at radius 3 is 2.83 bits per heavy atom. The lowest BCUT2D eigenvalue weighted by atomic mass is 9.95. The first-order chi connectivity index (χ1) is 11.2. The van der Waals surface area contributed by atoms with Gasteiger partial charge in [-0.05, 0) is 49.9 Å². The molecule has 0 spiro atoms. The summed E-state index contributed by atoms with van der Waals surface area (Å²) in [6.07, 6.45) is 7.00. The molecule has 0 unspecified atom stereocenters. The number of ether oxygens (including phenoxy) is 2. The van der Waals surface area contributed by atoms with Crippen molar-refractivity contribution < 1.29 is 14.3 Å². The van der Waals surface area contributed by atoms with Gasteiger partial charge in [0.15, 0.2) is 0 Å². The van der Waals surface area contributed by atoms with Crippen molar-refractivity contribution in [3.8, 4) is 5.69 Å². The van der Waals surface area contributed by atoms with Gasteiger partial charge in [-0.15, -0.1) is 0 Å². The van der Waals surface area contributed by atoms with Crippen molar-refractivity contribution in [1.29, 1.82) is 0 Å². The summed E-state index contributed by atoms with van der Waals surface area (Å²) in [4.78, 5) is 16.3. The summed E-state index contributed by atoms with van der Waals surface area (Å²) >= 11 is 0. The molecule has 23 heavy (non-hydrogen) atoms. The molecule has 0 saturated heterocycles. The van der Waals surface area contributed by atoms with E-state index in [1.54, 1.807) is 24.2 Å². The summed E-state index contributed by atoms with van der Waals surface area (Å²) in [6.45, 7) is 1.94. The molecular formula is C17H21N3O3. The number of aryl methyl sites for hydroxylation is 1. The van der Waals surface area contributed by atoms with E-state index in [1.165, 1.54) is 6.33 Å². The molecule has 6 heteroatoms. The van der Waals surface area contributed by atoms with Crippen molar-refractivity contribution >= 4 is 5.97 Å². The summed E-state index contributed by atoms with van der Waals surface area (Å²) in [5.74, 6) is -0.278. The molecule has 2 atom stereocenters. The van der Waals surface area contributed by atoms with Crippen LogP contribution in [0.3, 0.4) is 0 Å². The average molecular weight is 315 g/mol. The first-order valence-electron chi connectivity index (χ1n) is 7.87. The van der Waals surface area contributed by atoms with E-state index >= 15 is 0 Å². The smallest absolute Gasteiger partial charge is 0.338 e. The number of methoxy groups -OCH3 is 1. The lowest BCUT2D eigenvalue weighted by molar-refractivity contribution is -0.0149. The minimum absolute atomic E-state index is 0.0588. The van der Waals surface area contributed by atoms with Gasteiger partial charge in [0.05, 0.1) is 17.4 Å². The third-order valence-electron chi connectivity index (χ3n) is 4.28. The van der Waals surface area contributed by atoms with Gasteiger partial charge < -0.3 is 9.47 Å². The van der Waals surface area contributed by atoms with E-state index in [9.17, 15) is 4.79 Å². The quantitative estimate of drug-likeness (QED) is 0.812. The Morgan fingerprint density at radius 1 is 1.30 bits per heavy atom. The number of benzene rings is 1. The monoisotopic (exact) mass is 315 g/mol. The van der Waals surface area contributed by atoms with E-state index in [0.29, 0.717) is 5.56 Å². The van der Waals surface area contributed by atoms with Gasteiger partial charge in [-0.1, -0.05) is 0 Å². The fraction of sp³-hybridized carbons (Fsp3) is 0.471. The highest BCUT2D eigenvalue weighted by Gasteiger charge is 2.25. The second-order valence-corrected chi connectivity index (χ2v) is 5.89. The SMILES string of the molecule is CO[C@H]1CCC[C@H](OC(=O)c2ccc(-n3cncn3)c(C)c2)C1. The van der Waals surface area contributed by atoms with Crippen LogP contribution < -0.4 is 0 Å². The molecule has 0 bridgehead atoms. The lowest BCUT2D eigenvalue weighted by Gasteiger charge is -2.27. The molecule has 3 rings (SSSR count). The molecule has 1 heterocycles. The van der Waals surface area contributed by atoms with E-state index in [-0.39, 0.29) is 18.2 Å². The highest BCUT2D eigenvalue weighted by molar-refractivity contribution is 5.90. The summed E-state index contributed by atoms with van der Waals surface area (Å²) in [7, 11) is 1.71. The minimum Gasteiger partial charge on any atom is -0.459 e. The summed E-state index contributed by atoms with van der Waals surface area (Å²) in [6, 6.07) is 5.46. The number of esters is 1. The second kappa shape index (κ2) is 6.91. The van der Waals surface area contributed by atoms with Crippen molar-refractivity contribution in [2.45, 2.75) is 44.8 Å². The van der Waals surface area contributed by atoms with Crippen molar-refractivity contribution in [1.82, 2.24) is 14.8 Å². The number of hydrogen-bond acceptors (Lipinski definition) is 5. The Balaban J connectivity index is 1.69. The summed E-state index contributed by atoms with van der Waals surface area (Å²) in [5, 5.41) is 4.11. The molecule has 1 aliphatic carbocycles. The van der Waals surface area contributed by atoms with Crippen LogP contribution in [-0.2, 0) is 9.47 Å². The summed E-state index contributed by atoms with van der Waals surface area (Å²) in [5.41, 5.74) is 2.41. The van der Waals surface area contributed by atoms with Gasteiger partial charge in [0.1, 0.15) is 18.8 Å². The first-order valence-corrected chi connectivity index (χ1v) is 7.87. The third-order valence-corrected chi connectivity index (χ3v) is 4.28. The number of hydrogen-bond donors (Lipinski definition) is 0. The molecule has 0 amide bonds. The zero-order valence-corrected chi connectivity index (χ0v) is 13.4. The fourth-order valence-electron chi connectivity index (χ4n) is 3.01. The molecule has 122 valence electrons. The molecule has 1 aromatic carbocycles. The van der Waals surface area contributed by atoms with Crippen LogP contribution >= 0.6 is 0 Å². The molecule has 6 nitrogen and oxygen atoms in total. The van der Waals surface area contributed by atoms with Gasteiger partial charge in [0.2, 0.25) is 0 Å². The predicted octanol–water partition coefficient (Wildman–Crippen LogP) is 2.69. The average Bonchev–Trinajstić information content (AvgIpc) is 3.09. The molecular weight excluding hydrogens is 294 g/mol. The van der Waals surface area contributed by atoms with E-state index in [2.05, 4.69) is 10.1 Å². The van der Waals surface area contributed by atoms with Crippen LogP contribution in [0.25, 0.3) is 5.69 Å². The van der Waals surface area contributed by atoms with Crippen molar-refractivity contribution in [3.05, 3.63) is 42.0 Å². The predicted molar refractivity (Wildman–Crippen MR) is 84.6 cm³/mol. The van der Waals surface area contributed by atoms with Gasteiger partial charge in [-0.2, -0.15) is 5.10 Å². The molecule has 1 aliphatic rings. The molecule has 1 fully saturated rings. The highest BCUT2D eigenvalue weighted by Crippen LogP contribution is 2.24. The van der Waals surface area contributed by atoms with Crippen LogP contribution in [0.1, 0.15) is 41.6 Å². The molecule has 0 radical (unpaired) electrons.